The van der Waals surface area contributed by atoms with Crippen LogP contribution in [-0.4, -0.2) is 35.9 Å². The first kappa shape index (κ1) is 18.2. The third-order valence-corrected chi connectivity index (χ3v) is 5.78. The first-order valence-electron chi connectivity index (χ1n) is 9.51. The molecule has 0 saturated heterocycles. The van der Waals surface area contributed by atoms with Gasteiger partial charge in [-0.1, -0.05) is 12.1 Å². The molecule has 7 nitrogen and oxygen atoms in total. The summed E-state index contributed by atoms with van der Waals surface area (Å²) in [4.78, 5) is 23.8. The summed E-state index contributed by atoms with van der Waals surface area (Å²) in [5.74, 6) is 1.75. The summed E-state index contributed by atoms with van der Waals surface area (Å²) < 4.78 is 11.7. The van der Waals surface area contributed by atoms with Crippen LogP contribution in [0.3, 0.4) is 0 Å². The fourth-order valence-electron chi connectivity index (χ4n) is 4.17. The minimum Gasteiger partial charge on any atom is -0.496 e. The minimum absolute atomic E-state index is 0.166. The Kier molecular flexibility index (Phi) is 3.83. The number of hydrogen-bond donors (Lipinski definition) is 1. The van der Waals surface area contributed by atoms with E-state index in [2.05, 4.69) is 9.98 Å². The third kappa shape index (κ3) is 2.29. The molecule has 5 rings (SSSR count). The van der Waals surface area contributed by atoms with Gasteiger partial charge in [0.25, 0.3) is 5.91 Å². The number of hydrogen-bond acceptors (Lipinski definition) is 6. The van der Waals surface area contributed by atoms with E-state index in [0.29, 0.717) is 28.4 Å². The summed E-state index contributed by atoms with van der Waals surface area (Å²) in [6.45, 7) is 1.90. The van der Waals surface area contributed by atoms with Crippen LogP contribution in [0.2, 0.25) is 0 Å². The maximum atomic E-state index is 13.6. The highest BCUT2D eigenvalue weighted by atomic mass is 16.5. The summed E-state index contributed by atoms with van der Waals surface area (Å²) in [5.41, 5.74) is 8.74. The molecule has 1 amide bonds. The summed E-state index contributed by atoms with van der Waals surface area (Å²) >= 11 is 0. The van der Waals surface area contributed by atoms with Crippen molar-refractivity contribution in [2.24, 2.45) is 10.7 Å². The van der Waals surface area contributed by atoms with Crippen molar-refractivity contribution in [3.8, 4) is 28.4 Å². The number of nitrogens with zero attached hydrogens (tertiary/aromatic N) is 3. The van der Waals surface area contributed by atoms with E-state index in [1.807, 2.05) is 49.4 Å². The first-order valence-corrected chi connectivity index (χ1v) is 9.51. The number of benzene rings is 2. The first-order chi connectivity index (χ1) is 14.5. The molecule has 1 spiro atoms. The maximum absolute atomic E-state index is 13.6. The van der Waals surface area contributed by atoms with Crippen molar-refractivity contribution in [3.63, 3.8) is 0 Å². The number of guanidine groups is 1. The number of methoxy groups -OCH3 is 1. The van der Waals surface area contributed by atoms with Gasteiger partial charge in [-0.2, -0.15) is 0 Å². The number of aliphatic imine (C=N–C) groups is 1. The molecule has 2 aromatic carbocycles. The summed E-state index contributed by atoms with van der Waals surface area (Å²) in [5, 5.41) is 0. The Bertz CT molecular complexity index is 1220. The van der Waals surface area contributed by atoms with Crippen LogP contribution < -0.4 is 15.2 Å². The van der Waals surface area contributed by atoms with Crippen LogP contribution in [0.1, 0.15) is 16.7 Å². The molecule has 0 saturated carbocycles. The summed E-state index contributed by atoms with van der Waals surface area (Å²) in [7, 11) is 3.23. The molecular formula is C23H20N4O3. The standard InChI is InChI=1S/C23H20N4O3/c1-13-18(29-3)9-7-16-20(13)30-19-8-6-14(15-5-4-10-25-12-15)11-17(19)23(16)21(28)27(2)22(24)26-23/h4-12H,1-3H3,(H2,24,26). The molecule has 150 valence electrons. The van der Waals surface area contributed by atoms with Gasteiger partial charge in [-0.25, -0.2) is 4.99 Å². The monoisotopic (exact) mass is 400 g/mol. The molecule has 7 heteroatoms. The molecule has 0 fully saturated rings. The number of aromatic nitrogens is 1. The minimum atomic E-state index is -1.31. The van der Waals surface area contributed by atoms with Crippen LogP contribution in [0.25, 0.3) is 11.1 Å². The van der Waals surface area contributed by atoms with Crippen molar-refractivity contribution in [1.29, 1.82) is 0 Å². The molecule has 30 heavy (non-hydrogen) atoms. The quantitative estimate of drug-likeness (QED) is 0.713. The molecule has 0 radical (unpaired) electrons. The number of rotatable bonds is 2. The van der Waals surface area contributed by atoms with Crippen LogP contribution in [-0.2, 0) is 10.3 Å². The van der Waals surface area contributed by atoms with Gasteiger partial charge in [-0.05, 0) is 42.8 Å². The summed E-state index contributed by atoms with van der Waals surface area (Å²) in [6, 6.07) is 13.2. The molecule has 1 aromatic heterocycles. The number of likely N-dealkylation sites (N-methyl/N-ethyl adjacent to an activating group) is 1. The Morgan fingerprint density at radius 1 is 1.13 bits per heavy atom. The smallest absolute Gasteiger partial charge is 0.266 e. The van der Waals surface area contributed by atoms with E-state index in [1.54, 1.807) is 26.6 Å². The molecular weight excluding hydrogens is 380 g/mol. The SMILES string of the molecule is COc1ccc2c(c1C)Oc1ccc(-c3cccnc3)cc1C21N=C(N)N(C)C1=O. The molecule has 3 aromatic rings. The van der Waals surface area contributed by atoms with E-state index in [0.717, 1.165) is 16.7 Å². The van der Waals surface area contributed by atoms with Gasteiger partial charge in [0.15, 0.2) is 5.96 Å². The van der Waals surface area contributed by atoms with E-state index in [9.17, 15) is 4.79 Å². The predicted octanol–water partition coefficient (Wildman–Crippen LogP) is 3.20. The Labute approximate surface area is 173 Å². The van der Waals surface area contributed by atoms with E-state index in [-0.39, 0.29) is 11.9 Å². The van der Waals surface area contributed by atoms with Gasteiger partial charge in [-0.15, -0.1) is 0 Å². The van der Waals surface area contributed by atoms with E-state index < -0.39 is 5.54 Å². The second-order valence-electron chi connectivity index (χ2n) is 7.37. The van der Waals surface area contributed by atoms with E-state index >= 15 is 0 Å². The van der Waals surface area contributed by atoms with Crippen molar-refractivity contribution in [3.05, 3.63) is 71.5 Å². The van der Waals surface area contributed by atoms with Gasteiger partial charge in [0.1, 0.15) is 17.2 Å². The fourth-order valence-corrected chi connectivity index (χ4v) is 4.17. The lowest BCUT2D eigenvalue weighted by Crippen LogP contribution is -2.42. The van der Waals surface area contributed by atoms with Crippen LogP contribution in [0, 0.1) is 6.92 Å². The maximum Gasteiger partial charge on any atom is 0.266 e. The average Bonchev–Trinajstić information content (AvgIpc) is 3.00. The van der Waals surface area contributed by atoms with Crippen LogP contribution in [0.4, 0.5) is 0 Å². The van der Waals surface area contributed by atoms with Gasteiger partial charge in [0.2, 0.25) is 5.54 Å². The molecule has 2 N–H and O–H groups in total. The Morgan fingerprint density at radius 3 is 2.63 bits per heavy atom. The second-order valence-corrected chi connectivity index (χ2v) is 7.37. The van der Waals surface area contributed by atoms with Crippen molar-refractivity contribution >= 4 is 11.9 Å². The Hall–Kier alpha value is -3.87. The largest absolute Gasteiger partial charge is 0.496 e. The number of pyridine rings is 1. The number of ether oxygens (including phenoxy) is 2. The predicted molar refractivity (Wildman–Crippen MR) is 113 cm³/mol. The normalized spacial score (nSPS) is 19.2. The highest BCUT2D eigenvalue weighted by Gasteiger charge is 2.55. The molecule has 3 heterocycles. The lowest BCUT2D eigenvalue weighted by Gasteiger charge is -2.34. The fraction of sp³-hybridized carbons (Fsp3) is 0.174. The van der Waals surface area contributed by atoms with Gasteiger partial charge < -0.3 is 15.2 Å². The highest BCUT2D eigenvalue weighted by molar-refractivity contribution is 6.10. The molecule has 1 atom stereocenters. The molecule has 0 aliphatic carbocycles. The Morgan fingerprint density at radius 2 is 1.97 bits per heavy atom. The van der Waals surface area contributed by atoms with Crippen LogP contribution in [0.15, 0.2) is 59.9 Å². The lowest BCUT2D eigenvalue weighted by atomic mass is 9.78. The molecule has 1 unspecified atom stereocenters. The van der Waals surface area contributed by atoms with Gasteiger partial charge in [-0.3, -0.25) is 14.7 Å². The molecule has 0 bridgehead atoms. The van der Waals surface area contributed by atoms with Gasteiger partial charge >= 0.3 is 0 Å². The number of fused-ring (bicyclic) bond motifs is 4. The lowest BCUT2D eigenvalue weighted by molar-refractivity contribution is -0.129. The van der Waals surface area contributed by atoms with Gasteiger partial charge in [0.05, 0.1) is 7.11 Å². The second kappa shape index (κ2) is 6.32. The third-order valence-electron chi connectivity index (χ3n) is 5.78. The number of amides is 1. The van der Waals surface area contributed by atoms with E-state index in [1.165, 1.54) is 4.90 Å². The van der Waals surface area contributed by atoms with Crippen molar-refractivity contribution < 1.29 is 14.3 Å². The van der Waals surface area contributed by atoms with Crippen molar-refractivity contribution in [2.75, 3.05) is 14.2 Å². The highest BCUT2D eigenvalue weighted by Crippen LogP contribution is 2.54. The van der Waals surface area contributed by atoms with Crippen molar-refractivity contribution in [1.82, 2.24) is 9.88 Å². The summed E-state index contributed by atoms with van der Waals surface area (Å²) in [6.07, 6.45) is 3.50. The van der Waals surface area contributed by atoms with Crippen LogP contribution in [0.5, 0.6) is 17.2 Å². The zero-order valence-electron chi connectivity index (χ0n) is 16.8. The zero-order chi connectivity index (χ0) is 21.0. The van der Waals surface area contributed by atoms with E-state index in [4.69, 9.17) is 15.2 Å². The van der Waals surface area contributed by atoms with Gasteiger partial charge in [0, 0.05) is 41.7 Å². The number of carbonyl (C=O) groups excluding carboxylic acids is 1. The van der Waals surface area contributed by atoms with Crippen molar-refractivity contribution in [2.45, 2.75) is 12.5 Å². The van der Waals surface area contributed by atoms with Crippen LogP contribution >= 0.6 is 0 Å². The Balaban J connectivity index is 1.82. The number of carbonyl (C=O) groups is 1. The topological polar surface area (TPSA) is 90.0 Å². The number of nitrogens with two attached hydrogens (primary N) is 1. The molecule has 2 aliphatic heterocycles. The zero-order valence-corrected chi connectivity index (χ0v) is 16.8. The molecule has 2 aliphatic rings. The average molecular weight is 400 g/mol.